The van der Waals surface area contributed by atoms with Crippen LogP contribution in [0, 0.1) is 0 Å². The van der Waals surface area contributed by atoms with Crippen molar-refractivity contribution in [1.82, 2.24) is 4.57 Å². The molecule has 0 radical (unpaired) electrons. The number of aromatic nitrogens is 1. The van der Waals surface area contributed by atoms with Gasteiger partial charge in [0.25, 0.3) is 5.56 Å². The Bertz CT molecular complexity index is 1720. The first-order valence-electron chi connectivity index (χ1n) is 11.7. The maximum absolute atomic E-state index is 13.9. The molecule has 3 aromatic carbocycles. The van der Waals surface area contributed by atoms with E-state index in [0.717, 1.165) is 40.8 Å². The molecule has 4 aromatic rings. The summed E-state index contributed by atoms with van der Waals surface area (Å²) in [6, 6.07) is 21.5. The molecule has 0 fully saturated rings. The minimum absolute atomic E-state index is 0.0798. The van der Waals surface area contributed by atoms with Crippen LogP contribution in [0.4, 0.5) is 0 Å². The lowest BCUT2D eigenvalue weighted by molar-refractivity contribution is 0.354. The van der Waals surface area contributed by atoms with E-state index in [1.807, 2.05) is 59.2 Å². The van der Waals surface area contributed by atoms with Crippen molar-refractivity contribution in [3.05, 3.63) is 119 Å². The zero-order chi connectivity index (χ0) is 24.8. The summed E-state index contributed by atoms with van der Waals surface area (Å²) in [5.41, 5.74) is 6.19. The van der Waals surface area contributed by atoms with Gasteiger partial charge in [-0.2, -0.15) is 0 Å². The van der Waals surface area contributed by atoms with E-state index in [0.29, 0.717) is 25.9 Å². The number of hydrogen-bond acceptors (Lipinski definition) is 5. The second-order valence-electron chi connectivity index (χ2n) is 8.75. The summed E-state index contributed by atoms with van der Waals surface area (Å²) in [6.45, 7) is 0. The van der Waals surface area contributed by atoms with E-state index in [1.54, 1.807) is 14.2 Å². The first kappa shape index (κ1) is 22.8. The molecule has 36 heavy (non-hydrogen) atoms. The number of methoxy groups -OCH3 is 2. The molecule has 0 saturated carbocycles. The molecule has 180 valence electrons. The van der Waals surface area contributed by atoms with Gasteiger partial charge in [0, 0.05) is 10.6 Å². The fourth-order valence-corrected chi connectivity index (χ4v) is 6.26. The second-order valence-corrected chi connectivity index (χ2v) is 10.2. The number of allylic oxidation sites excluding steroid dienone is 1. The average Bonchev–Trinajstić information content (AvgIpc) is 3.22. The van der Waals surface area contributed by atoms with Crippen LogP contribution in [-0.2, 0) is 6.42 Å². The zero-order valence-corrected chi connectivity index (χ0v) is 21.4. The lowest BCUT2D eigenvalue weighted by atomic mass is 9.83. The van der Waals surface area contributed by atoms with Crippen molar-refractivity contribution in [3.8, 4) is 11.5 Å². The topological polar surface area (TPSA) is 52.8 Å². The summed E-state index contributed by atoms with van der Waals surface area (Å²) in [4.78, 5) is 19.6. The van der Waals surface area contributed by atoms with Gasteiger partial charge >= 0.3 is 0 Å². The van der Waals surface area contributed by atoms with E-state index in [9.17, 15) is 4.79 Å². The molecule has 0 amide bonds. The zero-order valence-electron chi connectivity index (χ0n) is 19.8. The van der Waals surface area contributed by atoms with Gasteiger partial charge in [-0.15, -0.1) is 0 Å². The number of benzene rings is 3. The third kappa shape index (κ3) is 3.69. The average molecular weight is 515 g/mol. The molecule has 2 aliphatic rings. The quantitative estimate of drug-likeness (QED) is 0.385. The largest absolute Gasteiger partial charge is 0.493 e. The highest BCUT2D eigenvalue weighted by Gasteiger charge is 2.33. The molecule has 7 heteroatoms. The second kappa shape index (κ2) is 9.12. The SMILES string of the molecule is COc1ccc(C2C3=C(N=c4s/c(=C\c5ccccc5Cl)c(=O)n42)c2ccccc2CC3)cc1OC. The van der Waals surface area contributed by atoms with Crippen molar-refractivity contribution in [2.45, 2.75) is 18.9 Å². The van der Waals surface area contributed by atoms with Gasteiger partial charge in [0.15, 0.2) is 16.3 Å². The number of fused-ring (bicyclic) bond motifs is 3. The molecule has 5 nitrogen and oxygen atoms in total. The Morgan fingerprint density at radius 3 is 2.58 bits per heavy atom. The third-order valence-electron chi connectivity index (χ3n) is 6.79. The maximum Gasteiger partial charge on any atom is 0.271 e. The highest BCUT2D eigenvalue weighted by molar-refractivity contribution is 7.07. The Morgan fingerprint density at radius 1 is 1.00 bits per heavy atom. The molecule has 1 aromatic heterocycles. The molecular weight excluding hydrogens is 492 g/mol. The third-order valence-corrected chi connectivity index (χ3v) is 8.12. The van der Waals surface area contributed by atoms with Gasteiger partial charge in [0.1, 0.15) is 0 Å². The predicted molar refractivity (Wildman–Crippen MR) is 144 cm³/mol. The van der Waals surface area contributed by atoms with Crippen LogP contribution in [0.1, 0.15) is 34.7 Å². The van der Waals surface area contributed by atoms with Crippen molar-refractivity contribution in [2.24, 2.45) is 4.99 Å². The standard InChI is InChI=1S/C29H23ClN2O3S/c1-34-23-14-12-19(15-24(23)35-2)27-21-13-11-17-7-3-5-9-20(17)26(21)31-29-32(27)28(33)25(36-29)16-18-8-4-6-10-22(18)30/h3-10,12,14-16,27H,11,13H2,1-2H3/b25-16-. The number of nitrogens with zero attached hydrogens (tertiary/aromatic N) is 2. The fourth-order valence-electron chi connectivity index (χ4n) is 5.08. The van der Waals surface area contributed by atoms with E-state index < -0.39 is 0 Å². The highest BCUT2D eigenvalue weighted by Crippen LogP contribution is 2.42. The van der Waals surface area contributed by atoms with Crippen molar-refractivity contribution in [3.63, 3.8) is 0 Å². The van der Waals surface area contributed by atoms with Crippen molar-refractivity contribution < 1.29 is 9.47 Å². The van der Waals surface area contributed by atoms with Crippen LogP contribution >= 0.6 is 22.9 Å². The smallest absolute Gasteiger partial charge is 0.271 e. The Hall–Kier alpha value is -3.61. The Labute approximate surface area is 217 Å². The van der Waals surface area contributed by atoms with Gasteiger partial charge in [0.05, 0.1) is 30.5 Å². The molecule has 0 saturated heterocycles. The maximum atomic E-state index is 13.9. The summed E-state index contributed by atoms with van der Waals surface area (Å²) in [7, 11) is 3.24. The summed E-state index contributed by atoms with van der Waals surface area (Å²) >= 11 is 7.79. The molecule has 1 aliphatic heterocycles. The first-order chi connectivity index (χ1) is 17.6. The van der Waals surface area contributed by atoms with Crippen molar-refractivity contribution >= 4 is 34.7 Å². The number of rotatable bonds is 4. The van der Waals surface area contributed by atoms with Gasteiger partial charge in [-0.1, -0.05) is 71.5 Å². The number of thiazole rings is 1. The van der Waals surface area contributed by atoms with E-state index in [4.69, 9.17) is 26.1 Å². The van der Waals surface area contributed by atoms with Crippen LogP contribution < -0.4 is 24.4 Å². The van der Waals surface area contributed by atoms with Gasteiger partial charge in [0.2, 0.25) is 0 Å². The number of halogens is 1. The van der Waals surface area contributed by atoms with Gasteiger partial charge in [-0.25, -0.2) is 4.99 Å². The number of ether oxygens (including phenoxy) is 2. The molecular formula is C29H23ClN2O3S. The van der Waals surface area contributed by atoms with Crippen molar-refractivity contribution in [2.75, 3.05) is 14.2 Å². The minimum Gasteiger partial charge on any atom is -0.493 e. The predicted octanol–water partition coefficient (Wildman–Crippen LogP) is 4.99. The van der Waals surface area contributed by atoms with Crippen LogP contribution in [-0.4, -0.2) is 18.8 Å². The van der Waals surface area contributed by atoms with Crippen LogP contribution in [0.2, 0.25) is 5.02 Å². The minimum atomic E-state index is -0.294. The molecule has 0 N–H and O–H groups in total. The highest BCUT2D eigenvalue weighted by atomic mass is 35.5. The normalized spacial score (nSPS) is 16.6. The van der Waals surface area contributed by atoms with Crippen LogP contribution in [0.15, 0.2) is 82.1 Å². The lowest BCUT2D eigenvalue weighted by Gasteiger charge is -2.31. The Kier molecular flexibility index (Phi) is 5.78. The Morgan fingerprint density at radius 2 is 1.78 bits per heavy atom. The van der Waals surface area contributed by atoms with E-state index in [2.05, 4.69) is 18.2 Å². The molecule has 1 atom stereocenters. The number of hydrogen-bond donors (Lipinski definition) is 0. The van der Waals surface area contributed by atoms with Gasteiger partial charge < -0.3 is 9.47 Å². The summed E-state index contributed by atoms with van der Waals surface area (Å²) in [5, 5.41) is 0.605. The summed E-state index contributed by atoms with van der Waals surface area (Å²) in [6.07, 6.45) is 3.58. The van der Waals surface area contributed by atoms with E-state index in [1.165, 1.54) is 16.9 Å². The fraction of sp³-hybridized carbons (Fsp3) is 0.172. The molecule has 0 spiro atoms. The molecule has 2 heterocycles. The Balaban J connectivity index is 1.63. The van der Waals surface area contributed by atoms with E-state index in [-0.39, 0.29) is 11.6 Å². The molecule has 6 rings (SSSR count). The first-order valence-corrected chi connectivity index (χ1v) is 12.9. The molecule has 1 aliphatic carbocycles. The number of aryl methyl sites for hydroxylation is 1. The molecule has 1 unspecified atom stereocenters. The van der Waals surface area contributed by atoms with Crippen LogP contribution in [0.3, 0.4) is 0 Å². The van der Waals surface area contributed by atoms with Crippen LogP contribution in [0.25, 0.3) is 11.8 Å². The molecule has 0 bridgehead atoms. The van der Waals surface area contributed by atoms with Crippen LogP contribution in [0.5, 0.6) is 11.5 Å². The van der Waals surface area contributed by atoms with Gasteiger partial charge in [-0.3, -0.25) is 9.36 Å². The summed E-state index contributed by atoms with van der Waals surface area (Å²) < 4.78 is 13.5. The summed E-state index contributed by atoms with van der Waals surface area (Å²) in [5.74, 6) is 1.28. The lowest BCUT2D eigenvalue weighted by Crippen LogP contribution is -2.38. The monoisotopic (exact) mass is 514 g/mol. The van der Waals surface area contributed by atoms with Crippen molar-refractivity contribution in [1.29, 1.82) is 0 Å². The van der Waals surface area contributed by atoms with Gasteiger partial charge in [-0.05, 0) is 59.4 Å². The van der Waals surface area contributed by atoms with E-state index >= 15 is 0 Å².